The van der Waals surface area contributed by atoms with E-state index in [4.69, 9.17) is 16.0 Å². The van der Waals surface area contributed by atoms with Crippen LogP contribution in [0, 0.1) is 13.8 Å². The smallest absolute Gasteiger partial charge is 0.322 e. The minimum atomic E-state index is -0.379. The quantitative estimate of drug-likeness (QED) is 0.693. The number of carbonyl (C=O) groups is 1. The van der Waals surface area contributed by atoms with E-state index in [2.05, 4.69) is 15.5 Å². The molecule has 0 spiro atoms. The van der Waals surface area contributed by atoms with E-state index in [9.17, 15) is 4.79 Å². The van der Waals surface area contributed by atoms with Gasteiger partial charge in [0.2, 0.25) is 5.89 Å². The van der Waals surface area contributed by atoms with Crippen molar-refractivity contribution in [2.45, 2.75) is 13.8 Å². The van der Waals surface area contributed by atoms with Crippen LogP contribution in [-0.2, 0) is 4.79 Å². The standard InChI is InChI=1S/C19H16ClN3O2/c1-12-7-9-15(13(2)11-12)18-22-23-19(25-18)21-17(24)10-8-14-5-3-4-6-16(14)20/h3-11H,1-2H3,(H,21,23,24). The zero-order chi connectivity index (χ0) is 17.8. The fourth-order valence-corrected chi connectivity index (χ4v) is 2.56. The van der Waals surface area contributed by atoms with E-state index in [1.54, 1.807) is 12.1 Å². The fraction of sp³-hybridized carbons (Fsp3) is 0.105. The molecule has 2 aromatic carbocycles. The predicted molar refractivity (Wildman–Crippen MR) is 98.3 cm³/mol. The number of carbonyl (C=O) groups excluding carboxylic acids is 1. The summed E-state index contributed by atoms with van der Waals surface area (Å²) in [6.45, 7) is 3.98. The summed E-state index contributed by atoms with van der Waals surface area (Å²) in [6, 6.07) is 13.2. The number of hydrogen-bond donors (Lipinski definition) is 1. The van der Waals surface area contributed by atoms with E-state index in [-0.39, 0.29) is 11.9 Å². The molecule has 126 valence electrons. The van der Waals surface area contributed by atoms with Gasteiger partial charge in [0.05, 0.1) is 0 Å². The summed E-state index contributed by atoms with van der Waals surface area (Å²) < 4.78 is 5.52. The molecule has 25 heavy (non-hydrogen) atoms. The van der Waals surface area contributed by atoms with Gasteiger partial charge in [-0.1, -0.05) is 52.6 Å². The molecule has 3 aromatic rings. The van der Waals surface area contributed by atoms with Gasteiger partial charge in [-0.25, -0.2) is 0 Å². The van der Waals surface area contributed by atoms with Crippen molar-refractivity contribution in [3.63, 3.8) is 0 Å². The molecule has 0 aliphatic rings. The van der Waals surface area contributed by atoms with E-state index >= 15 is 0 Å². The van der Waals surface area contributed by atoms with Crippen molar-refractivity contribution in [1.29, 1.82) is 0 Å². The summed E-state index contributed by atoms with van der Waals surface area (Å²) in [6.07, 6.45) is 2.99. The lowest BCUT2D eigenvalue weighted by Gasteiger charge is -2.01. The van der Waals surface area contributed by atoms with Crippen molar-refractivity contribution in [1.82, 2.24) is 10.2 Å². The number of hydrogen-bond acceptors (Lipinski definition) is 4. The minimum absolute atomic E-state index is 0.0452. The SMILES string of the molecule is Cc1ccc(-c2nnc(NC(=O)C=Cc3ccccc3Cl)o2)c(C)c1. The van der Waals surface area contributed by atoms with E-state index in [0.717, 1.165) is 22.3 Å². The average Bonchev–Trinajstić information content (AvgIpc) is 3.02. The number of amides is 1. The van der Waals surface area contributed by atoms with Crippen LogP contribution >= 0.6 is 11.6 Å². The molecule has 0 unspecified atom stereocenters. The summed E-state index contributed by atoms with van der Waals surface area (Å²) in [5, 5.41) is 11.0. The zero-order valence-corrected chi connectivity index (χ0v) is 14.5. The Balaban J connectivity index is 1.71. The third kappa shape index (κ3) is 4.14. The van der Waals surface area contributed by atoms with Crippen molar-refractivity contribution >= 4 is 29.6 Å². The highest BCUT2D eigenvalue weighted by Crippen LogP contribution is 2.24. The van der Waals surface area contributed by atoms with E-state index in [1.807, 2.05) is 50.2 Å². The molecule has 1 amide bonds. The first-order valence-electron chi connectivity index (χ1n) is 7.67. The lowest BCUT2D eigenvalue weighted by atomic mass is 10.1. The van der Waals surface area contributed by atoms with Crippen LogP contribution in [-0.4, -0.2) is 16.1 Å². The molecule has 3 rings (SSSR count). The molecule has 0 aliphatic heterocycles. The number of benzene rings is 2. The van der Waals surface area contributed by atoms with Crippen LogP contribution in [0.4, 0.5) is 6.01 Å². The van der Waals surface area contributed by atoms with Gasteiger partial charge in [-0.15, -0.1) is 5.10 Å². The van der Waals surface area contributed by atoms with Gasteiger partial charge in [0.1, 0.15) is 0 Å². The Morgan fingerprint density at radius 3 is 2.72 bits per heavy atom. The largest absolute Gasteiger partial charge is 0.403 e. The second-order valence-corrected chi connectivity index (χ2v) is 5.98. The zero-order valence-electron chi connectivity index (χ0n) is 13.8. The van der Waals surface area contributed by atoms with Crippen LogP contribution in [0.2, 0.25) is 5.02 Å². The highest BCUT2D eigenvalue weighted by Gasteiger charge is 2.12. The molecule has 0 saturated carbocycles. The molecule has 0 atom stereocenters. The second kappa shape index (κ2) is 7.32. The van der Waals surface area contributed by atoms with Crippen LogP contribution in [0.25, 0.3) is 17.5 Å². The molecule has 0 aliphatic carbocycles. The number of nitrogens with one attached hydrogen (secondary N) is 1. The van der Waals surface area contributed by atoms with Gasteiger partial charge in [0.15, 0.2) is 0 Å². The number of rotatable bonds is 4. The Bertz CT molecular complexity index is 947. The molecular weight excluding hydrogens is 338 g/mol. The summed E-state index contributed by atoms with van der Waals surface area (Å²) in [5.74, 6) is -0.0152. The Morgan fingerprint density at radius 1 is 1.16 bits per heavy atom. The highest BCUT2D eigenvalue weighted by atomic mass is 35.5. The normalized spacial score (nSPS) is 11.0. The maximum absolute atomic E-state index is 12.0. The summed E-state index contributed by atoms with van der Waals surface area (Å²) in [5.41, 5.74) is 3.77. The maximum atomic E-state index is 12.0. The van der Waals surface area contributed by atoms with Crippen LogP contribution < -0.4 is 5.32 Å². The Morgan fingerprint density at radius 2 is 1.96 bits per heavy atom. The van der Waals surface area contributed by atoms with E-state index < -0.39 is 0 Å². The van der Waals surface area contributed by atoms with Crippen molar-refractivity contribution in [3.05, 3.63) is 70.3 Å². The van der Waals surface area contributed by atoms with Crippen molar-refractivity contribution < 1.29 is 9.21 Å². The minimum Gasteiger partial charge on any atom is -0.403 e. The van der Waals surface area contributed by atoms with Crippen LogP contribution in [0.1, 0.15) is 16.7 Å². The van der Waals surface area contributed by atoms with Gasteiger partial charge in [0.25, 0.3) is 5.91 Å². The number of halogens is 1. The van der Waals surface area contributed by atoms with Gasteiger partial charge in [-0.2, -0.15) is 0 Å². The molecule has 6 heteroatoms. The van der Waals surface area contributed by atoms with Crippen molar-refractivity contribution in [2.75, 3.05) is 5.32 Å². The third-order valence-corrected chi connectivity index (χ3v) is 3.93. The monoisotopic (exact) mass is 353 g/mol. The highest BCUT2D eigenvalue weighted by molar-refractivity contribution is 6.32. The Kier molecular flexibility index (Phi) is 4.95. The lowest BCUT2D eigenvalue weighted by molar-refractivity contribution is -0.112. The molecule has 1 N–H and O–H groups in total. The maximum Gasteiger partial charge on any atom is 0.322 e. The first kappa shape index (κ1) is 16.9. The van der Waals surface area contributed by atoms with Crippen molar-refractivity contribution in [3.8, 4) is 11.5 Å². The molecule has 1 heterocycles. The second-order valence-electron chi connectivity index (χ2n) is 5.57. The lowest BCUT2D eigenvalue weighted by Crippen LogP contribution is -2.07. The number of aryl methyl sites for hydroxylation is 2. The first-order valence-corrected chi connectivity index (χ1v) is 8.05. The van der Waals surface area contributed by atoms with Gasteiger partial charge in [0, 0.05) is 16.7 Å². The molecule has 0 bridgehead atoms. The Labute approximate surface area is 150 Å². The molecule has 0 fully saturated rings. The number of nitrogens with zero attached hydrogens (tertiary/aromatic N) is 2. The van der Waals surface area contributed by atoms with E-state index in [0.29, 0.717) is 10.9 Å². The van der Waals surface area contributed by atoms with Crippen molar-refractivity contribution in [2.24, 2.45) is 0 Å². The first-order chi connectivity index (χ1) is 12.0. The van der Waals surface area contributed by atoms with E-state index in [1.165, 1.54) is 6.08 Å². The topological polar surface area (TPSA) is 68.0 Å². The Hall–Kier alpha value is -2.92. The van der Waals surface area contributed by atoms with Crippen LogP contribution in [0.5, 0.6) is 0 Å². The summed E-state index contributed by atoms with van der Waals surface area (Å²) in [4.78, 5) is 12.0. The molecule has 0 radical (unpaired) electrons. The van der Waals surface area contributed by atoms with Crippen LogP contribution in [0.15, 0.2) is 53.0 Å². The fourth-order valence-electron chi connectivity index (χ4n) is 2.36. The molecular formula is C19H16ClN3O2. The van der Waals surface area contributed by atoms with Gasteiger partial charge in [-0.05, 0) is 43.2 Å². The number of anilines is 1. The number of aromatic nitrogens is 2. The van der Waals surface area contributed by atoms with Crippen LogP contribution in [0.3, 0.4) is 0 Å². The van der Waals surface area contributed by atoms with Gasteiger partial charge < -0.3 is 4.42 Å². The average molecular weight is 354 g/mol. The predicted octanol–water partition coefficient (Wildman–Crippen LogP) is 4.66. The van der Waals surface area contributed by atoms with Gasteiger partial charge in [-0.3, -0.25) is 10.1 Å². The third-order valence-electron chi connectivity index (χ3n) is 3.59. The molecule has 5 nitrogen and oxygen atoms in total. The van der Waals surface area contributed by atoms with Gasteiger partial charge >= 0.3 is 6.01 Å². The molecule has 0 saturated heterocycles. The molecule has 1 aromatic heterocycles. The summed E-state index contributed by atoms with van der Waals surface area (Å²) >= 11 is 6.04. The summed E-state index contributed by atoms with van der Waals surface area (Å²) in [7, 11) is 0.